The van der Waals surface area contributed by atoms with Crippen LogP contribution in [-0.4, -0.2) is 44.6 Å². The topological polar surface area (TPSA) is 63.7 Å². The van der Waals surface area contributed by atoms with E-state index in [1.807, 2.05) is 67.6 Å². The van der Waals surface area contributed by atoms with E-state index in [0.717, 1.165) is 30.0 Å². The highest BCUT2D eigenvalue weighted by molar-refractivity contribution is 7.89. The molecule has 1 saturated heterocycles. The van der Waals surface area contributed by atoms with Crippen molar-refractivity contribution in [2.24, 2.45) is 0 Å². The van der Waals surface area contributed by atoms with E-state index in [1.165, 1.54) is 0 Å². The van der Waals surface area contributed by atoms with Crippen molar-refractivity contribution < 1.29 is 17.9 Å². The zero-order valence-electron chi connectivity index (χ0n) is 20.2. The van der Waals surface area contributed by atoms with Crippen LogP contribution in [0.2, 0.25) is 25.7 Å². The zero-order valence-corrected chi connectivity index (χ0v) is 22.1. The van der Waals surface area contributed by atoms with Gasteiger partial charge in [-0.05, 0) is 36.9 Å². The molecule has 0 bridgehead atoms. The lowest BCUT2D eigenvalue weighted by Crippen LogP contribution is -2.50. The monoisotopic (exact) mass is 487 g/mol. The Morgan fingerprint density at radius 2 is 1.55 bits per heavy atom. The Labute approximate surface area is 200 Å². The first-order valence-electron chi connectivity index (χ1n) is 11.9. The molecule has 0 unspecified atom stereocenters. The first-order chi connectivity index (χ1) is 15.6. The SMILES string of the molecule is C[C@@H]1CCC[C@H](CC(=O)OC(c2ccccc2)c2ccccc2)N1S(=O)(=O)CC[Si](C)(C)C. The van der Waals surface area contributed by atoms with Crippen LogP contribution in [0.5, 0.6) is 0 Å². The molecule has 0 aromatic heterocycles. The smallest absolute Gasteiger partial charge is 0.308 e. The van der Waals surface area contributed by atoms with Crippen LogP contribution in [0.15, 0.2) is 60.7 Å². The van der Waals surface area contributed by atoms with Gasteiger partial charge in [0.1, 0.15) is 0 Å². The lowest BCUT2D eigenvalue weighted by molar-refractivity contribution is -0.149. The molecule has 2 atom stereocenters. The molecule has 0 aliphatic carbocycles. The Morgan fingerprint density at radius 3 is 2.06 bits per heavy atom. The minimum absolute atomic E-state index is 0.0761. The molecule has 0 N–H and O–H groups in total. The minimum atomic E-state index is -3.43. The number of nitrogens with zero attached hydrogens (tertiary/aromatic N) is 1. The number of hydrogen-bond acceptors (Lipinski definition) is 4. The molecule has 5 nitrogen and oxygen atoms in total. The van der Waals surface area contributed by atoms with E-state index in [0.29, 0.717) is 6.42 Å². The largest absolute Gasteiger partial charge is 0.452 e. The van der Waals surface area contributed by atoms with Crippen molar-refractivity contribution in [1.82, 2.24) is 4.31 Å². The van der Waals surface area contributed by atoms with Crippen LogP contribution >= 0.6 is 0 Å². The first-order valence-corrected chi connectivity index (χ1v) is 17.2. The summed E-state index contributed by atoms with van der Waals surface area (Å²) in [6.45, 7) is 8.51. The molecule has 1 heterocycles. The quantitative estimate of drug-likeness (QED) is 0.340. The van der Waals surface area contributed by atoms with Crippen LogP contribution in [0.25, 0.3) is 0 Å². The summed E-state index contributed by atoms with van der Waals surface area (Å²) in [6, 6.07) is 19.6. The van der Waals surface area contributed by atoms with Gasteiger partial charge in [0.2, 0.25) is 10.0 Å². The van der Waals surface area contributed by atoms with Gasteiger partial charge >= 0.3 is 5.97 Å². The van der Waals surface area contributed by atoms with Crippen LogP contribution in [0, 0.1) is 0 Å². The molecule has 2 aromatic rings. The Hall–Kier alpha value is -1.96. The lowest BCUT2D eigenvalue weighted by Gasteiger charge is -2.39. The number of piperidine rings is 1. The van der Waals surface area contributed by atoms with Crippen LogP contribution < -0.4 is 0 Å². The van der Waals surface area contributed by atoms with Gasteiger partial charge in [-0.3, -0.25) is 4.79 Å². The molecule has 2 aromatic carbocycles. The average Bonchev–Trinajstić information content (AvgIpc) is 2.77. The Bertz CT molecular complexity index is 966. The van der Waals surface area contributed by atoms with Crippen molar-refractivity contribution in [2.45, 2.75) is 76.5 Å². The molecular formula is C26H37NO4SSi. The number of hydrogen-bond donors (Lipinski definition) is 0. The fourth-order valence-electron chi connectivity index (χ4n) is 4.45. The maximum absolute atomic E-state index is 13.3. The van der Waals surface area contributed by atoms with E-state index in [9.17, 15) is 13.2 Å². The normalized spacial score (nSPS) is 20.0. The fourth-order valence-corrected chi connectivity index (χ4v) is 9.43. The van der Waals surface area contributed by atoms with Crippen molar-refractivity contribution in [2.75, 3.05) is 5.75 Å². The maximum atomic E-state index is 13.3. The van der Waals surface area contributed by atoms with Crippen molar-refractivity contribution in [3.8, 4) is 0 Å². The second kappa shape index (κ2) is 11.0. The highest BCUT2D eigenvalue weighted by Gasteiger charge is 2.39. The molecule has 0 radical (unpaired) electrons. The third-order valence-electron chi connectivity index (χ3n) is 6.24. The summed E-state index contributed by atoms with van der Waals surface area (Å²) in [7, 11) is -4.93. The minimum Gasteiger partial charge on any atom is -0.452 e. The number of carbonyl (C=O) groups is 1. The summed E-state index contributed by atoms with van der Waals surface area (Å²) in [5.41, 5.74) is 1.79. The molecule has 0 amide bonds. The number of sulfonamides is 1. The highest BCUT2D eigenvalue weighted by atomic mass is 32.2. The molecule has 180 valence electrons. The molecule has 33 heavy (non-hydrogen) atoms. The Balaban J connectivity index is 1.77. The standard InChI is InChI=1S/C26H37NO4SSi/c1-21-12-11-17-24(27(21)32(29,30)18-19-33(2,3)4)20-25(28)31-26(22-13-7-5-8-14-22)23-15-9-6-10-16-23/h5-10,13-16,21,24,26H,11-12,17-20H2,1-4H3/t21-,24-/m1/s1. The predicted octanol–water partition coefficient (Wildman–Crippen LogP) is 5.62. The van der Waals surface area contributed by atoms with Gasteiger partial charge in [0.25, 0.3) is 0 Å². The number of rotatable bonds is 9. The van der Waals surface area contributed by atoms with Gasteiger partial charge in [0, 0.05) is 20.2 Å². The van der Waals surface area contributed by atoms with Gasteiger partial charge in [-0.2, -0.15) is 4.31 Å². The van der Waals surface area contributed by atoms with Gasteiger partial charge in [0.05, 0.1) is 12.2 Å². The summed E-state index contributed by atoms with van der Waals surface area (Å²) in [5, 5.41) is 0. The molecule has 1 fully saturated rings. The van der Waals surface area contributed by atoms with Crippen LogP contribution in [0.3, 0.4) is 0 Å². The molecule has 0 spiro atoms. The third kappa shape index (κ3) is 7.26. The highest BCUT2D eigenvalue weighted by Crippen LogP contribution is 2.31. The van der Waals surface area contributed by atoms with Gasteiger partial charge in [-0.25, -0.2) is 8.42 Å². The maximum Gasteiger partial charge on any atom is 0.308 e. The number of carbonyl (C=O) groups excluding carboxylic acids is 1. The second-order valence-electron chi connectivity index (χ2n) is 10.3. The molecule has 7 heteroatoms. The van der Waals surface area contributed by atoms with E-state index in [-0.39, 0.29) is 30.2 Å². The van der Waals surface area contributed by atoms with E-state index < -0.39 is 24.2 Å². The Morgan fingerprint density at radius 1 is 1.00 bits per heavy atom. The van der Waals surface area contributed by atoms with Crippen molar-refractivity contribution in [3.63, 3.8) is 0 Å². The van der Waals surface area contributed by atoms with E-state index in [1.54, 1.807) is 4.31 Å². The molecule has 3 rings (SSSR count). The van der Waals surface area contributed by atoms with Crippen molar-refractivity contribution in [1.29, 1.82) is 0 Å². The first kappa shape index (κ1) is 25.7. The third-order valence-corrected chi connectivity index (χ3v) is 10.4. The summed E-state index contributed by atoms with van der Waals surface area (Å²) < 4.78 is 34.2. The van der Waals surface area contributed by atoms with Crippen LogP contribution in [0.1, 0.15) is 49.8 Å². The average molecular weight is 488 g/mol. The summed E-state index contributed by atoms with van der Waals surface area (Å²) in [5.74, 6) is -0.202. The summed E-state index contributed by atoms with van der Waals surface area (Å²) >= 11 is 0. The molecule has 1 aliphatic heterocycles. The van der Waals surface area contributed by atoms with E-state index in [2.05, 4.69) is 19.6 Å². The van der Waals surface area contributed by atoms with Gasteiger partial charge in [0.15, 0.2) is 6.10 Å². The second-order valence-corrected chi connectivity index (χ2v) is 17.9. The molecular weight excluding hydrogens is 450 g/mol. The summed E-state index contributed by atoms with van der Waals surface area (Å²) in [4.78, 5) is 13.1. The number of ether oxygens (including phenoxy) is 1. The Kier molecular flexibility index (Phi) is 8.53. The zero-order chi connectivity index (χ0) is 24.1. The molecule has 0 saturated carbocycles. The van der Waals surface area contributed by atoms with Gasteiger partial charge in [-0.15, -0.1) is 0 Å². The van der Waals surface area contributed by atoms with Crippen LogP contribution in [-0.2, 0) is 19.6 Å². The molecule has 1 aliphatic rings. The van der Waals surface area contributed by atoms with E-state index in [4.69, 9.17) is 4.74 Å². The fraction of sp³-hybridized carbons (Fsp3) is 0.500. The van der Waals surface area contributed by atoms with Crippen molar-refractivity contribution >= 4 is 24.1 Å². The van der Waals surface area contributed by atoms with Gasteiger partial charge < -0.3 is 4.74 Å². The van der Waals surface area contributed by atoms with Gasteiger partial charge in [-0.1, -0.05) is 86.7 Å². The van der Waals surface area contributed by atoms with E-state index >= 15 is 0 Å². The number of esters is 1. The lowest BCUT2D eigenvalue weighted by atomic mass is 9.97. The van der Waals surface area contributed by atoms with Crippen LogP contribution in [0.4, 0.5) is 0 Å². The predicted molar refractivity (Wildman–Crippen MR) is 136 cm³/mol. The van der Waals surface area contributed by atoms with Crippen molar-refractivity contribution in [3.05, 3.63) is 71.8 Å². The number of benzene rings is 2. The summed E-state index contributed by atoms with van der Waals surface area (Å²) in [6.07, 6.45) is 1.99.